The van der Waals surface area contributed by atoms with Crippen molar-refractivity contribution in [2.75, 3.05) is 32.7 Å². The van der Waals surface area contributed by atoms with Gasteiger partial charge in [0.05, 0.1) is 6.54 Å². The normalized spacial score (nSPS) is 16.7. The lowest BCUT2D eigenvalue weighted by Gasteiger charge is -2.35. The highest BCUT2D eigenvalue weighted by Crippen LogP contribution is 2.14. The summed E-state index contributed by atoms with van der Waals surface area (Å²) in [5.41, 5.74) is 0.890. The van der Waals surface area contributed by atoms with Crippen LogP contribution in [0, 0.1) is 0 Å². The summed E-state index contributed by atoms with van der Waals surface area (Å²) in [7, 11) is 0. The molecular weight excluding hydrogens is 414 g/mol. The van der Waals surface area contributed by atoms with Gasteiger partial charge in [0.1, 0.15) is 6.54 Å². The average molecular weight is 439 g/mol. The molecule has 4 amide bonds. The second-order valence-corrected chi connectivity index (χ2v) is 7.81. The van der Waals surface area contributed by atoms with Gasteiger partial charge in [-0.25, -0.2) is 0 Å². The number of hydrogen-bond donors (Lipinski definition) is 0. The molecule has 0 atom stereocenters. The molecule has 0 saturated carbocycles. The molecule has 3 heterocycles. The number of amides is 4. The highest BCUT2D eigenvalue weighted by molar-refractivity contribution is 6.04. The molecule has 2 aliphatic rings. The fraction of sp³-hybridized carbons (Fsp3) is 0.476. The zero-order valence-electron chi connectivity index (χ0n) is 17.7. The van der Waals surface area contributed by atoms with Gasteiger partial charge in [-0.3, -0.25) is 24.1 Å². The van der Waals surface area contributed by atoms with E-state index in [4.69, 9.17) is 0 Å². The van der Waals surface area contributed by atoms with Crippen LogP contribution in [0.1, 0.15) is 25.7 Å². The molecule has 168 valence electrons. The SMILES string of the molecule is O=C(CCCn1nnc(-c2ccccc2)n1)N1CCN(C(=O)CN2C(=O)CCC2=O)CC1. The van der Waals surface area contributed by atoms with Crippen molar-refractivity contribution in [3.05, 3.63) is 30.3 Å². The van der Waals surface area contributed by atoms with Crippen LogP contribution >= 0.6 is 0 Å². The maximum Gasteiger partial charge on any atom is 0.242 e. The molecule has 0 N–H and O–H groups in total. The Morgan fingerprint density at radius 3 is 2.16 bits per heavy atom. The third kappa shape index (κ3) is 4.98. The van der Waals surface area contributed by atoms with Crippen molar-refractivity contribution in [3.8, 4) is 11.4 Å². The quantitative estimate of drug-likeness (QED) is 0.554. The molecule has 0 spiro atoms. The summed E-state index contributed by atoms with van der Waals surface area (Å²) in [6, 6.07) is 9.57. The lowest BCUT2D eigenvalue weighted by atomic mass is 10.2. The number of rotatable bonds is 7. The largest absolute Gasteiger partial charge is 0.339 e. The van der Waals surface area contributed by atoms with E-state index in [2.05, 4.69) is 15.4 Å². The van der Waals surface area contributed by atoms with Crippen molar-refractivity contribution < 1.29 is 19.2 Å². The van der Waals surface area contributed by atoms with Gasteiger partial charge in [-0.15, -0.1) is 10.2 Å². The zero-order valence-corrected chi connectivity index (χ0v) is 17.7. The van der Waals surface area contributed by atoms with Crippen molar-refractivity contribution in [1.82, 2.24) is 34.9 Å². The van der Waals surface area contributed by atoms with E-state index >= 15 is 0 Å². The topological polar surface area (TPSA) is 122 Å². The Morgan fingerprint density at radius 1 is 0.875 bits per heavy atom. The maximum absolute atomic E-state index is 12.5. The van der Waals surface area contributed by atoms with E-state index in [-0.39, 0.29) is 43.0 Å². The Bertz CT molecular complexity index is 983. The van der Waals surface area contributed by atoms with Crippen LogP contribution < -0.4 is 0 Å². The van der Waals surface area contributed by atoms with Gasteiger partial charge in [0, 0.05) is 51.0 Å². The first-order valence-corrected chi connectivity index (χ1v) is 10.7. The van der Waals surface area contributed by atoms with Gasteiger partial charge < -0.3 is 9.80 Å². The molecule has 0 bridgehead atoms. The van der Waals surface area contributed by atoms with Crippen LogP contribution in [0.5, 0.6) is 0 Å². The first kappa shape index (κ1) is 21.6. The van der Waals surface area contributed by atoms with Crippen LogP contribution in [0.3, 0.4) is 0 Å². The van der Waals surface area contributed by atoms with Crippen LogP contribution in [0.25, 0.3) is 11.4 Å². The minimum atomic E-state index is -0.296. The molecule has 2 aromatic rings. The smallest absolute Gasteiger partial charge is 0.242 e. The summed E-state index contributed by atoms with van der Waals surface area (Å²) in [5, 5.41) is 12.4. The van der Waals surface area contributed by atoms with Crippen molar-refractivity contribution >= 4 is 23.6 Å². The Morgan fingerprint density at radius 2 is 1.50 bits per heavy atom. The van der Waals surface area contributed by atoms with Gasteiger partial charge >= 0.3 is 0 Å². The number of carbonyl (C=O) groups excluding carboxylic acids is 4. The number of carbonyl (C=O) groups is 4. The number of nitrogens with zero attached hydrogens (tertiary/aromatic N) is 7. The van der Waals surface area contributed by atoms with Crippen molar-refractivity contribution in [1.29, 1.82) is 0 Å². The molecule has 0 aliphatic carbocycles. The summed E-state index contributed by atoms with van der Waals surface area (Å²) >= 11 is 0. The van der Waals surface area contributed by atoms with Crippen LogP contribution in [0.4, 0.5) is 0 Å². The first-order valence-electron chi connectivity index (χ1n) is 10.7. The summed E-state index contributed by atoms with van der Waals surface area (Å²) in [4.78, 5) is 54.2. The molecule has 2 aliphatic heterocycles. The van der Waals surface area contributed by atoms with E-state index in [1.54, 1.807) is 9.80 Å². The van der Waals surface area contributed by atoms with Crippen molar-refractivity contribution in [2.24, 2.45) is 0 Å². The number of imide groups is 1. The van der Waals surface area contributed by atoms with Crippen LogP contribution in [0.15, 0.2) is 30.3 Å². The second-order valence-electron chi connectivity index (χ2n) is 7.81. The number of benzene rings is 1. The predicted octanol–water partition coefficient (Wildman–Crippen LogP) is -0.0599. The van der Waals surface area contributed by atoms with Gasteiger partial charge in [-0.05, 0) is 11.6 Å². The lowest BCUT2D eigenvalue weighted by Crippen LogP contribution is -2.53. The molecule has 4 rings (SSSR count). The third-order valence-corrected chi connectivity index (χ3v) is 5.67. The zero-order chi connectivity index (χ0) is 22.5. The van der Waals surface area contributed by atoms with Crippen LogP contribution in [-0.4, -0.2) is 91.3 Å². The van der Waals surface area contributed by atoms with E-state index in [1.807, 2.05) is 30.3 Å². The minimum absolute atomic E-state index is 0.0189. The molecule has 0 unspecified atom stereocenters. The van der Waals surface area contributed by atoms with Crippen molar-refractivity contribution in [2.45, 2.75) is 32.2 Å². The van der Waals surface area contributed by atoms with Gasteiger partial charge in [0.15, 0.2) is 0 Å². The Hall–Kier alpha value is -3.63. The van der Waals surface area contributed by atoms with E-state index in [0.29, 0.717) is 51.4 Å². The summed E-state index contributed by atoms with van der Waals surface area (Å²) in [6.07, 6.45) is 1.28. The van der Waals surface area contributed by atoms with E-state index in [0.717, 1.165) is 10.5 Å². The highest BCUT2D eigenvalue weighted by atomic mass is 16.2. The maximum atomic E-state index is 12.5. The lowest BCUT2D eigenvalue weighted by molar-refractivity contribution is -0.147. The monoisotopic (exact) mass is 439 g/mol. The number of likely N-dealkylation sites (tertiary alicyclic amines) is 1. The van der Waals surface area contributed by atoms with E-state index in [9.17, 15) is 19.2 Å². The molecular formula is C21H25N7O4. The fourth-order valence-corrected chi connectivity index (χ4v) is 3.81. The van der Waals surface area contributed by atoms with Crippen molar-refractivity contribution in [3.63, 3.8) is 0 Å². The van der Waals surface area contributed by atoms with Gasteiger partial charge in [-0.2, -0.15) is 4.80 Å². The average Bonchev–Trinajstić information content (AvgIpc) is 3.42. The van der Waals surface area contributed by atoms with E-state index in [1.165, 1.54) is 4.80 Å². The Kier molecular flexibility index (Phi) is 6.52. The Balaban J connectivity index is 1.18. The molecule has 0 radical (unpaired) electrons. The number of hydrogen-bond acceptors (Lipinski definition) is 7. The Labute approximate surface area is 184 Å². The summed E-state index contributed by atoms with van der Waals surface area (Å²) in [6.45, 7) is 1.94. The van der Waals surface area contributed by atoms with Crippen LogP contribution in [-0.2, 0) is 25.7 Å². The molecule has 32 heavy (non-hydrogen) atoms. The molecule has 1 aromatic carbocycles. The molecule has 2 saturated heterocycles. The molecule has 11 nitrogen and oxygen atoms in total. The fourth-order valence-electron chi connectivity index (χ4n) is 3.81. The van der Waals surface area contributed by atoms with Crippen LogP contribution in [0.2, 0.25) is 0 Å². The first-order chi connectivity index (χ1) is 15.5. The standard InChI is InChI=1S/C21H25N7O4/c29-17(7-4-10-28-23-21(22-24-28)16-5-2-1-3-6-16)25-11-13-26(14-12-25)20(32)15-27-18(30)8-9-19(27)31/h1-3,5-6H,4,7-15H2. The molecule has 11 heteroatoms. The number of aromatic nitrogens is 4. The number of aryl methyl sites for hydroxylation is 1. The number of piperazine rings is 1. The second kappa shape index (κ2) is 9.67. The van der Waals surface area contributed by atoms with Gasteiger partial charge in [-0.1, -0.05) is 30.3 Å². The van der Waals surface area contributed by atoms with Gasteiger partial charge in [0.25, 0.3) is 0 Å². The predicted molar refractivity (Wildman–Crippen MR) is 112 cm³/mol. The van der Waals surface area contributed by atoms with E-state index < -0.39 is 0 Å². The summed E-state index contributed by atoms with van der Waals surface area (Å²) < 4.78 is 0. The summed E-state index contributed by atoms with van der Waals surface area (Å²) in [5.74, 6) is -0.280. The molecule has 1 aromatic heterocycles. The highest BCUT2D eigenvalue weighted by Gasteiger charge is 2.32. The van der Waals surface area contributed by atoms with Gasteiger partial charge in [0.2, 0.25) is 29.5 Å². The third-order valence-electron chi connectivity index (χ3n) is 5.67. The molecule has 2 fully saturated rings. The minimum Gasteiger partial charge on any atom is -0.339 e. The number of tetrazole rings is 1.